The second-order valence-electron chi connectivity index (χ2n) is 2.41. The number of rotatable bonds is 5. The second-order valence-corrected chi connectivity index (χ2v) is 2.41. The Balaban J connectivity index is 3.40. The molecule has 64 valence electrons. The van der Waals surface area contributed by atoms with E-state index in [-0.39, 0.29) is 0 Å². The third-order valence-corrected chi connectivity index (χ3v) is 1.57. The van der Waals surface area contributed by atoms with Crippen molar-refractivity contribution in [2.75, 3.05) is 20.8 Å². The van der Waals surface area contributed by atoms with Crippen molar-refractivity contribution in [2.24, 2.45) is 0 Å². The summed E-state index contributed by atoms with van der Waals surface area (Å²) in [5.41, 5.74) is 0. The fraction of sp³-hybridized carbons (Fsp3) is 0.778. The highest BCUT2D eigenvalue weighted by Gasteiger charge is 2.02. The summed E-state index contributed by atoms with van der Waals surface area (Å²) in [4.78, 5) is 0. The molecule has 1 unspecified atom stereocenters. The molecule has 1 atom stereocenters. The average Bonchev–Trinajstić information content (AvgIpc) is 2.03. The lowest BCUT2D eigenvalue weighted by Crippen LogP contribution is -2.29. The highest BCUT2D eigenvalue weighted by atomic mass is 16.5. The highest BCUT2D eigenvalue weighted by molar-refractivity contribution is 4.95. The summed E-state index contributed by atoms with van der Waals surface area (Å²) in [7, 11) is 3.67. The summed E-state index contributed by atoms with van der Waals surface area (Å²) in [6.45, 7) is 2.63. The number of hydrogen-bond donors (Lipinski definition) is 1. The number of hydrogen-bond acceptors (Lipinski definition) is 2. The lowest BCUT2D eigenvalue weighted by atomic mass is 10.2. The van der Waals surface area contributed by atoms with Gasteiger partial charge in [0.25, 0.3) is 0 Å². The first-order valence-electron chi connectivity index (χ1n) is 3.91. The van der Waals surface area contributed by atoms with Gasteiger partial charge in [-0.05, 0) is 20.4 Å². The largest absolute Gasteiger partial charge is 0.383 e. The van der Waals surface area contributed by atoms with Crippen molar-refractivity contribution in [3.8, 4) is 11.8 Å². The zero-order valence-electron chi connectivity index (χ0n) is 7.61. The first kappa shape index (κ1) is 10.5. The van der Waals surface area contributed by atoms with Crippen molar-refractivity contribution >= 4 is 0 Å². The summed E-state index contributed by atoms with van der Waals surface area (Å²) in [5.74, 6) is 5.90. The van der Waals surface area contributed by atoms with Gasteiger partial charge in [0.1, 0.15) is 0 Å². The van der Waals surface area contributed by atoms with Crippen LogP contribution in [0.1, 0.15) is 19.8 Å². The zero-order chi connectivity index (χ0) is 8.53. The van der Waals surface area contributed by atoms with E-state index in [2.05, 4.69) is 17.2 Å². The monoisotopic (exact) mass is 155 g/mol. The Bertz CT molecular complexity index is 134. The van der Waals surface area contributed by atoms with Gasteiger partial charge in [0.2, 0.25) is 0 Å². The van der Waals surface area contributed by atoms with Gasteiger partial charge in [0.15, 0.2) is 0 Å². The van der Waals surface area contributed by atoms with Crippen LogP contribution in [0.2, 0.25) is 0 Å². The molecule has 1 N–H and O–H groups in total. The summed E-state index contributed by atoms with van der Waals surface area (Å²) in [6, 6.07) is 0.445. The lowest BCUT2D eigenvalue weighted by molar-refractivity contribution is 0.166. The van der Waals surface area contributed by atoms with Crippen LogP contribution in [-0.2, 0) is 4.74 Å². The summed E-state index contributed by atoms with van der Waals surface area (Å²) >= 11 is 0. The van der Waals surface area contributed by atoms with Crippen molar-refractivity contribution in [1.29, 1.82) is 0 Å². The molecule has 2 nitrogen and oxygen atoms in total. The zero-order valence-corrected chi connectivity index (χ0v) is 7.61. The van der Waals surface area contributed by atoms with Crippen LogP contribution < -0.4 is 5.32 Å². The molecule has 0 rings (SSSR count). The third-order valence-electron chi connectivity index (χ3n) is 1.57. The molecule has 11 heavy (non-hydrogen) atoms. The number of methoxy groups -OCH3 is 1. The van der Waals surface area contributed by atoms with Crippen LogP contribution in [0.4, 0.5) is 0 Å². The third kappa shape index (κ3) is 5.90. The quantitative estimate of drug-likeness (QED) is 0.599. The van der Waals surface area contributed by atoms with E-state index in [9.17, 15) is 0 Å². The van der Waals surface area contributed by atoms with Crippen LogP contribution >= 0.6 is 0 Å². The van der Waals surface area contributed by atoms with E-state index >= 15 is 0 Å². The minimum absolute atomic E-state index is 0.445. The number of ether oxygens (including phenoxy) is 1. The van der Waals surface area contributed by atoms with Crippen LogP contribution in [0.5, 0.6) is 0 Å². The average molecular weight is 155 g/mol. The van der Waals surface area contributed by atoms with Crippen molar-refractivity contribution < 1.29 is 4.74 Å². The highest BCUT2D eigenvalue weighted by Crippen LogP contribution is 1.95. The van der Waals surface area contributed by atoms with E-state index < -0.39 is 0 Å². The molecule has 0 amide bonds. The first-order valence-corrected chi connectivity index (χ1v) is 3.91. The summed E-state index contributed by atoms with van der Waals surface area (Å²) in [6.07, 6.45) is 2.01. The van der Waals surface area contributed by atoms with Gasteiger partial charge in [0.05, 0.1) is 6.61 Å². The van der Waals surface area contributed by atoms with Gasteiger partial charge in [0, 0.05) is 19.6 Å². The van der Waals surface area contributed by atoms with Crippen LogP contribution in [-0.4, -0.2) is 26.8 Å². The molecule has 0 aromatic carbocycles. The minimum atomic E-state index is 0.445. The molecule has 0 heterocycles. The fourth-order valence-corrected chi connectivity index (χ4v) is 0.884. The smallest absolute Gasteiger partial charge is 0.0616 e. The normalized spacial score (nSPS) is 11.9. The standard InChI is InChI=1S/C9H17NO/c1-4-5-6-7-9(10-2)8-11-3/h9-10H,6-8H2,1-3H3. The molecule has 0 fully saturated rings. The Morgan fingerprint density at radius 2 is 2.27 bits per heavy atom. The van der Waals surface area contributed by atoms with E-state index in [0.717, 1.165) is 19.4 Å². The Kier molecular flexibility index (Phi) is 7.23. The van der Waals surface area contributed by atoms with Crippen LogP contribution in [0.25, 0.3) is 0 Å². The molecule has 0 aromatic rings. The molecule has 0 saturated carbocycles. The van der Waals surface area contributed by atoms with Gasteiger partial charge in [-0.3, -0.25) is 0 Å². The Hall–Kier alpha value is -0.520. The molecular formula is C9H17NO. The Morgan fingerprint density at radius 1 is 1.55 bits per heavy atom. The van der Waals surface area contributed by atoms with Crippen LogP contribution in [0.15, 0.2) is 0 Å². The van der Waals surface area contributed by atoms with Gasteiger partial charge < -0.3 is 10.1 Å². The van der Waals surface area contributed by atoms with Crippen LogP contribution in [0.3, 0.4) is 0 Å². The molecule has 2 heteroatoms. The van der Waals surface area contributed by atoms with Gasteiger partial charge in [-0.1, -0.05) is 0 Å². The maximum absolute atomic E-state index is 5.01. The second kappa shape index (κ2) is 7.59. The molecular weight excluding hydrogens is 138 g/mol. The fourth-order valence-electron chi connectivity index (χ4n) is 0.884. The summed E-state index contributed by atoms with van der Waals surface area (Å²) < 4.78 is 5.01. The van der Waals surface area contributed by atoms with Gasteiger partial charge in [-0.15, -0.1) is 11.8 Å². The SMILES string of the molecule is CC#CCCC(COC)NC. The lowest BCUT2D eigenvalue weighted by Gasteiger charge is -2.12. The minimum Gasteiger partial charge on any atom is -0.383 e. The molecule has 0 aromatic heterocycles. The maximum atomic E-state index is 5.01. The molecule has 0 bridgehead atoms. The predicted octanol–water partition coefficient (Wildman–Crippen LogP) is 1.02. The molecule has 0 aliphatic carbocycles. The van der Waals surface area contributed by atoms with Gasteiger partial charge in [-0.2, -0.15) is 0 Å². The van der Waals surface area contributed by atoms with E-state index in [1.165, 1.54) is 0 Å². The number of likely N-dealkylation sites (N-methyl/N-ethyl adjacent to an activating group) is 1. The van der Waals surface area contributed by atoms with E-state index in [1.54, 1.807) is 7.11 Å². The van der Waals surface area contributed by atoms with E-state index in [0.29, 0.717) is 6.04 Å². The molecule has 0 aliphatic heterocycles. The van der Waals surface area contributed by atoms with Crippen molar-refractivity contribution in [1.82, 2.24) is 5.32 Å². The van der Waals surface area contributed by atoms with E-state index in [4.69, 9.17) is 4.74 Å². The maximum Gasteiger partial charge on any atom is 0.0616 e. The topological polar surface area (TPSA) is 21.3 Å². The molecule has 0 aliphatic rings. The Morgan fingerprint density at radius 3 is 2.73 bits per heavy atom. The van der Waals surface area contributed by atoms with Crippen LogP contribution in [0, 0.1) is 11.8 Å². The van der Waals surface area contributed by atoms with E-state index in [1.807, 2.05) is 14.0 Å². The van der Waals surface area contributed by atoms with Crippen molar-refractivity contribution in [3.63, 3.8) is 0 Å². The molecule has 0 saturated heterocycles. The van der Waals surface area contributed by atoms with Gasteiger partial charge in [-0.25, -0.2) is 0 Å². The number of nitrogens with one attached hydrogen (secondary N) is 1. The Labute approximate surface area is 69.3 Å². The van der Waals surface area contributed by atoms with Crippen molar-refractivity contribution in [2.45, 2.75) is 25.8 Å². The molecule has 0 spiro atoms. The molecule has 0 radical (unpaired) electrons. The predicted molar refractivity (Wildman–Crippen MR) is 47.4 cm³/mol. The van der Waals surface area contributed by atoms with Gasteiger partial charge >= 0.3 is 0 Å². The summed E-state index contributed by atoms with van der Waals surface area (Å²) in [5, 5.41) is 3.17. The first-order chi connectivity index (χ1) is 5.35. The van der Waals surface area contributed by atoms with Crippen molar-refractivity contribution in [3.05, 3.63) is 0 Å².